The average molecular weight is 220 g/mol. The minimum absolute atomic E-state index is 0.793. The third-order valence-corrected chi connectivity index (χ3v) is 3.02. The lowest BCUT2D eigenvalue weighted by molar-refractivity contribution is 0.568. The van der Waals surface area contributed by atoms with Crippen molar-refractivity contribution in [1.82, 2.24) is 0 Å². The molecule has 2 aromatic rings. The second-order valence-electron chi connectivity index (χ2n) is 3.68. The Balaban J connectivity index is 2.15. The molecule has 0 bridgehead atoms. The molecule has 2 nitrogen and oxygen atoms in total. The van der Waals surface area contributed by atoms with Crippen LogP contribution in [0.4, 0.5) is 5.69 Å². The lowest BCUT2D eigenvalue weighted by Gasteiger charge is -2.05. The van der Waals surface area contributed by atoms with Crippen molar-refractivity contribution in [3.8, 4) is 11.1 Å². The molecule has 0 spiro atoms. The molecular weight excluding hydrogens is 210 g/mol. The third-order valence-electron chi connectivity index (χ3n) is 2.72. The highest BCUT2D eigenvalue weighted by molar-refractivity contribution is 6.33. The van der Waals surface area contributed by atoms with Gasteiger partial charge < -0.3 is 9.73 Å². The molecule has 15 heavy (non-hydrogen) atoms. The van der Waals surface area contributed by atoms with E-state index < -0.39 is 0 Å². The summed E-state index contributed by atoms with van der Waals surface area (Å²) in [5.74, 6) is 0. The maximum absolute atomic E-state index is 6.20. The van der Waals surface area contributed by atoms with Crippen LogP contribution in [0.2, 0.25) is 5.02 Å². The monoisotopic (exact) mass is 219 g/mol. The topological polar surface area (TPSA) is 25.2 Å². The predicted molar refractivity (Wildman–Crippen MR) is 61.3 cm³/mol. The minimum Gasteiger partial charge on any atom is -0.472 e. The fourth-order valence-electron chi connectivity index (χ4n) is 1.98. The van der Waals surface area contributed by atoms with Gasteiger partial charge in [-0.25, -0.2) is 0 Å². The summed E-state index contributed by atoms with van der Waals surface area (Å²) in [6.45, 7) is 0.976. The molecule has 1 N–H and O–H groups in total. The van der Waals surface area contributed by atoms with Gasteiger partial charge in [0.2, 0.25) is 0 Å². The fraction of sp³-hybridized carbons (Fsp3) is 0.167. The summed E-state index contributed by atoms with van der Waals surface area (Å²) in [6.07, 6.45) is 4.45. The standard InChI is InChI=1S/C12H10ClNO/c13-11-6-10(9-2-4-15-7-9)5-8-1-3-14-12(8)11/h2,4-7,14H,1,3H2. The quantitative estimate of drug-likeness (QED) is 0.793. The van der Waals surface area contributed by atoms with Gasteiger partial charge in [-0.05, 0) is 35.7 Å². The molecule has 0 aliphatic carbocycles. The van der Waals surface area contributed by atoms with Crippen molar-refractivity contribution < 1.29 is 4.42 Å². The highest BCUT2D eigenvalue weighted by Crippen LogP contribution is 2.35. The van der Waals surface area contributed by atoms with Crippen LogP contribution in [-0.2, 0) is 6.42 Å². The van der Waals surface area contributed by atoms with Crippen molar-refractivity contribution in [3.63, 3.8) is 0 Å². The number of halogens is 1. The highest BCUT2D eigenvalue weighted by Gasteiger charge is 2.15. The Morgan fingerprint density at radius 3 is 3.00 bits per heavy atom. The van der Waals surface area contributed by atoms with Crippen LogP contribution in [0, 0.1) is 0 Å². The molecule has 1 aromatic heterocycles. The lowest BCUT2D eigenvalue weighted by Crippen LogP contribution is -1.91. The summed E-state index contributed by atoms with van der Waals surface area (Å²) in [7, 11) is 0. The zero-order chi connectivity index (χ0) is 10.3. The van der Waals surface area contributed by atoms with E-state index in [1.54, 1.807) is 12.5 Å². The molecule has 1 aliphatic heterocycles. The van der Waals surface area contributed by atoms with E-state index in [4.69, 9.17) is 16.0 Å². The first kappa shape index (κ1) is 8.86. The van der Waals surface area contributed by atoms with Gasteiger partial charge in [0.25, 0.3) is 0 Å². The summed E-state index contributed by atoms with van der Waals surface area (Å²) in [5.41, 5.74) is 4.57. The maximum atomic E-state index is 6.20. The van der Waals surface area contributed by atoms with Crippen LogP contribution in [0.15, 0.2) is 35.1 Å². The second kappa shape index (κ2) is 3.31. The maximum Gasteiger partial charge on any atom is 0.0980 e. The summed E-state index contributed by atoms with van der Waals surface area (Å²) >= 11 is 6.20. The zero-order valence-electron chi connectivity index (χ0n) is 8.09. The molecule has 0 radical (unpaired) electrons. The van der Waals surface area contributed by atoms with Gasteiger partial charge in [-0.2, -0.15) is 0 Å². The number of hydrogen-bond acceptors (Lipinski definition) is 2. The molecule has 3 rings (SSSR count). The van der Waals surface area contributed by atoms with E-state index in [0.717, 1.165) is 34.8 Å². The van der Waals surface area contributed by atoms with Crippen LogP contribution < -0.4 is 5.32 Å². The number of nitrogens with one attached hydrogen (secondary N) is 1. The molecule has 1 aromatic carbocycles. The number of fused-ring (bicyclic) bond motifs is 1. The van der Waals surface area contributed by atoms with E-state index >= 15 is 0 Å². The molecule has 0 atom stereocenters. The summed E-state index contributed by atoms with van der Waals surface area (Å²) in [5, 5.41) is 4.08. The molecule has 0 saturated carbocycles. The molecule has 0 unspecified atom stereocenters. The number of rotatable bonds is 1. The van der Waals surface area contributed by atoms with Crippen molar-refractivity contribution in [2.75, 3.05) is 11.9 Å². The molecule has 2 heterocycles. The number of furan rings is 1. The Morgan fingerprint density at radius 2 is 2.20 bits per heavy atom. The van der Waals surface area contributed by atoms with Crippen LogP contribution in [0.1, 0.15) is 5.56 Å². The summed E-state index contributed by atoms with van der Waals surface area (Å²) in [6, 6.07) is 6.09. The van der Waals surface area contributed by atoms with E-state index in [-0.39, 0.29) is 0 Å². The number of anilines is 1. The van der Waals surface area contributed by atoms with E-state index in [0.29, 0.717) is 0 Å². The van der Waals surface area contributed by atoms with Gasteiger partial charge in [0.1, 0.15) is 0 Å². The van der Waals surface area contributed by atoms with E-state index in [2.05, 4.69) is 11.4 Å². The number of benzene rings is 1. The molecule has 3 heteroatoms. The fourth-order valence-corrected chi connectivity index (χ4v) is 2.28. The average Bonchev–Trinajstić information content (AvgIpc) is 2.88. The summed E-state index contributed by atoms with van der Waals surface area (Å²) in [4.78, 5) is 0. The van der Waals surface area contributed by atoms with Crippen molar-refractivity contribution in [2.45, 2.75) is 6.42 Å². The first-order valence-corrected chi connectivity index (χ1v) is 5.31. The smallest absolute Gasteiger partial charge is 0.0980 e. The van der Waals surface area contributed by atoms with Gasteiger partial charge in [0, 0.05) is 12.1 Å². The molecular formula is C12H10ClNO. The van der Waals surface area contributed by atoms with Crippen molar-refractivity contribution in [3.05, 3.63) is 41.3 Å². The predicted octanol–water partition coefficient (Wildman–Crippen LogP) is 3.57. The zero-order valence-corrected chi connectivity index (χ0v) is 8.84. The van der Waals surface area contributed by atoms with Gasteiger partial charge >= 0.3 is 0 Å². The Hall–Kier alpha value is -1.41. The van der Waals surface area contributed by atoms with E-state index in [9.17, 15) is 0 Å². The van der Waals surface area contributed by atoms with Crippen LogP contribution in [-0.4, -0.2) is 6.54 Å². The first-order chi connectivity index (χ1) is 7.34. The number of hydrogen-bond donors (Lipinski definition) is 1. The SMILES string of the molecule is Clc1cc(-c2ccoc2)cc2c1NCC2. The van der Waals surface area contributed by atoms with Crippen LogP contribution in [0.25, 0.3) is 11.1 Å². The summed E-state index contributed by atoms with van der Waals surface area (Å²) < 4.78 is 5.07. The molecule has 0 amide bonds. The highest BCUT2D eigenvalue weighted by atomic mass is 35.5. The molecule has 1 aliphatic rings. The lowest BCUT2D eigenvalue weighted by atomic mass is 10.0. The molecule has 0 fully saturated rings. The first-order valence-electron chi connectivity index (χ1n) is 4.93. The van der Waals surface area contributed by atoms with Crippen molar-refractivity contribution in [2.24, 2.45) is 0 Å². The van der Waals surface area contributed by atoms with Gasteiger partial charge in [-0.3, -0.25) is 0 Å². The van der Waals surface area contributed by atoms with Gasteiger partial charge in [-0.15, -0.1) is 0 Å². The van der Waals surface area contributed by atoms with Crippen LogP contribution in [0.5, 0.6) is 0 Å². The van der Waals surface area contributed by atoms with E-state index in [1.807, 2.05) is 12.1 Å². The van der Waals surface area contributed by atoms with Crippen molar-refractivity contribution >= 4 is 17.3 Å². The minimum atomic E-state index is 0.793. The van der Waals surface area contributed by atoms with Crippen molar-refractivity contribution in [1.29, 1.82) is 0 Å². The largest absolute Gasteiger partial charge is 0.472 e. The Bertz CT molecular complexity index is 491. The molecule has 76 valence electrons. The van der Waals surface area contributed by atoms with Gasteiger partial charge in [-0.1, -0.05) is 11.6 Å². The molecule has 0 saturated heterocycles. The Labute approximate surface area is 92.9 Å². The Morgan fingerprint density at radius 1 is 1.27 bits per heavy atom. The second-order valence-corrected chi connectivity index (χ2v) is 4.09. The normalized spacial score (nSPS) is 13.7. The van der Waals surface area contributed by atoms with Gasteiger partial charge in [0.05, 0.1) is 23.2 Å². The third kappa shape index (κ3) is 1.41. The van der Waals surface area contributed by atoms with Gasteiger partial charge in [0.15, 0.2) is 0 Å². The Kier molecular flexibility index (Phi) is 1.96. The van der Waals surface area contributed by atoms with E-state index in [1.165, 1.54) is 5.56 Å². The van der Waals surface area contributed by atoms with Crippen LogP contribution >= 0.6 is 11.6 Å². The van der Waals surface area contributed by atoms with Crippen LogP contribution in [0.3, 0.4) is 0 Å².